The maximum atomic E-state index is 12.5. The van der Waals surface area contributed by atoms with Crippen molar-refractivity contribution >= 4 is 23.4 Å². The van der Waals surface area contributed by atoms with Gasteiger partial charge in [-0.2, -0.15) is 5.26 Å². The summed E-state index contributed by atoms with van der Waals surface area (Å²) in [5.41, 5.74) is 6.23. The summed E-state index contributed by atoms with van der Waals surface area (Å²) in [6.45, 7) is 0.309. The van der Waals surface area contributed by atoms with Gasteiger partial charge in [0.25, 0.3) is 0 Å². The first-order chi connectivity index (χ1) is 17.6. The number of aromatic nitrogens is 1. The van der Waals surface area contributed by atoms with Crippen LogP contribution >= 0.6 is 11.3 Å². The molecule has 1 N–H and O–H groups in total. The van der Waals surface area contributed by atoms with E-state index in [1.54, 1.807) is 24.3 Å². The number of nitriles is 1. The van der Waals surface area contributed by atoms with Crippen molar-refractivity contribution < 1.29 is 19.1 Å². The molecule has 7 nitrogen and oxygen atoms in total. The lowest BCUT2D eigenvalue weighted by atomic mass is 9.98. The fourth-order valence-electron chi connectivity index (χ4n) is 4.37. The van der Waals surface area contributed by atoms with Crippen molar-refractivity contribution in [1.29, 1.82) is 5.26 Å². The predicted octanol–water partition coefficient (Wildman–Crippen LogP) is 5.51. The van der Waals surface area contributed by atoms with Crippen molar-refractivity contribution in [1.82, 2.24) is 10.3 Å². The standard InChI is InChI=1S/C28H21N3O4S/c1-34-27(32)26-25(18-12-10-17(14-29)11-13-18)31-24(36-26)15-30-28(33)35-16-23-21-8-4-2-6-19(21)20-7-3-5-9-22(20)23/h2-13,23H,15-16H2,1H3,(H,30,33). The molecule has 4 aromatic rings. The molecule has 0 fully saturated rings. The molecule has 0 bridgehead atoms. The highest BCUT2D eigenvalue weighted by Crippen LogP contribution is 2.44. The summed E-state index contributed by atoms with van der Waals surface area (Å²) in [4.78, 5) is 29.7. The first kappa shape index (κ1) is 23.3. The minimum absolute atomic E-state index is 0.0306. The van der Waals surface area contributed by atoms with Crippen LogP contribution in [0, 0.1) is 11.3 Å². The maximum absolute atomic E-state index is 12.5. The van der Waals surface area contributed by atoms with Crippen molar-refractivity contribution in [2.75, 3.05) is 13.7 Å². The molecule has 1 heterocycles. The molecular formula is C28H21N3O4S. The lowest BCUT2D eigenvalue weighted by molar-refractivity contribution is 0.0607. The van der Waals surface area contributed by atoms with Gasteiger partial charge < -0.3 is 14.8 Å². The second-order valence-electron chi connectivity index (χ2n) is 8.15. The second-order valence-corrected chi connectivity index (χ2v) is 9.23. The highest BCUT2D eigenvalue weighted by atomic mass is 32.1. The number of alkyl carbamates (subject to hydrolysis) is 1. The zero-order chi connectivity index (χ0) is 25.1. The Kier molecular flexibility index (Phi) is 6.48. The molecule has 8 heteroatoms. The van der Waals surface area contributed by atoms with Crippen LogP contribution in [0.3, 0.4) is 0 Å². The summed E-state index contributed by atoms with van der Waals surface area (Å²) in [5.74, 6) is -0.545. The lowest BCUT2D eigenvalue weighted by Crippen LogP contribution is -2.25. The molecule has 3 aromatic carbocycles. The third-order valence-electron chi connectivity index (χ3n) is 6.06. The summed E-state index contributed by atoms with van der Waals surface area (Å²) in [6.07, 6.45) is -0.563. The quantitative estimate of drug-likeness (QED) is 0.354. The molecule has 0 radical (unpaired) electrons. The molecule has 1 aliphatic rings. The minimum Gasteiger partial charge on any atom is -0.465 e. The van der Waals surface area contributed by atoms with Gasteiger partial charge in [-0.05, 0) is 34.4 Å². The maximum Gasteiger partial charge on any atom is 0.407 e. The molecule has 36 heavy (non-hydrogen) atoms. The van der Waals surface area contributed by atoms with E-state index in [0.29, 0.717) is 26.7 Å². The van der Waals surface area contributed by atoms with Gasteiger partial charge >= 0.3 is 12.1 Å². The number of fused-ring (bicyclic) bond motifs is 3. The van der Waals surface area contributed by atoms with Crippen LogP contribution in [-0.4, -0.2) is 30.8 Å². The average Bonchev–Trinajstić information content (AvgIpc) is 3.50. The van der Waals surface area contributed by atoms with Gasteiger partial charge in [-0.3, -0.25) is 0 Å². The Balaban J connectivity index is 1.27. The Labute approximate surface area is 212 Å². The molecule has 0 spiro atoms. The second kappa shape index (κ2) is 10.0. The number of amides is 1. The van der Waals surface area contributed by atoms with Crippen LogP contribution in [0.5, 0.6) is 0 Å². The van der Waals surface area contributed by atoms with Gasteiger partial charge in [0.1, 0.15) is 16.5 Å². The van der Waals surface area contributed by atoms with E-state index in [4.69, 9.17) is 14.7 Å². The molecule has 1 amide bonds. The number of carbonyl (C=O) groups is 2. The molecule has 5 rings (SSSR count). The van der Waals surface area contributed by atoms with Gasteiger partial charge in [-0.15, -0.1) is 11.3 Å². The lowest BCUT2D eigenvalue weighted by Gasteiger charge is -2.14. The summed E-state index contributed by atoms with van der Waals surface area (Å²) in [7, 11) is 1.30. The third kappa shape index (κ3) is 4.44. The van der Waals surface area contributed by atoms with Crippen LogP contribution in [0.1, 0.15) is 37.3 Å². The zero-order valence-electron chi connectivity index (χ0n) is 19.4. The van der Waals surface area contributed by atoms with E-state index in [0.717, 1.165) is 33.6 Å². The van der Waals surface area contributed by atoms with Crippen LogP contribution in [0.2, 0.25) is 0 Å². The largest absolute Gasteiger partial charge is 0.465 e. The van der Waals surface area contributed by atoms with Gasteiger partial charge in [0.05, 0.1) is 31.0 Å². The fraction of sp³-hybridized carbons (Fsp3) is 0.143. The normalized spacial score (nSPS) is 11.8. The number of hydrogen-bond donors (Lipinski definition) is 1. The molecule has 0 unspecified atom stereocenters. The van der Waals surface area contributed by atoms with E-state index in [1.165, 1.54) is 7.11 Å². The summed E-state index contributed by atoms with van der Waals surface area (Å²) < 4.78 is 10.5. The Hall–Kier alpha value is -4.48. The van der Waals surface area contributed by atoms with E-state index in [1.807, 2.05) is 24.3 Å². The minimum atomic E-state index is -0.563. The predicted molar refractivity (Wildman–Crippen MR) is 136 cm³/mol. The van der Waals surface area contributed by atoms with Crippen LogP contribution in [-0.2, 0) is 16.0 Å². The zero-order valence-corrected chi connectivity index (χ0v) is 20.2. The van der Waals surface area contributed by atoms with Crippen molar-refractivity contribution in [3.8, 4) is 28.5 Å². The summed E-state index contributed by atoms with van der Waals surface area (Å²) in [6, 6.07) is 25.1. The van der Waals surface area contributed by atoms with Crippen molar-refractivity contribution in [2.45, 2.75) is 12.5 Å². The Morgan fingerprint density at radius 1 is 1.00 bits per heavy atom. The number of benzene rings is 3. The first-order valence-electron chi connectivity index (χ1n) is 11.3. The van der Waals surface area contributed by atoms with Crippen molar-refractivity contribution in [3.05, 3.63) is 99.4 Å². The number of methoxy groups -OCH3 is 1. The number of nitrogens with zero attached hydrogens (tertiary/aromatic N) is 2. The van der Waals surface area contributed by atoms with Gasteiger partial charge in [-0.25, -0.2) is 14.6 Å². The van der Waals surface area contributed by atoms with Crippen molar-refractivity contribution in [2.24, 2.45) is 0 Å². The van der Waals surface area contributed by atoms with Gasteiger partial charge in [0.2, 0.25) is 0 Å². The van der Waals surface area contributed by atoms with E-state index in [2.05, 4.69) is 40.6 Å². The van der Waals surface area contributed by atoms with Gasteiger partial charge in [0, 0.05) is 11.5 Å². The Bertz CT molecular complexity index is 1440. The smallest absolute Gasteiger partial charge is 0.407 e. The van der Waals surface area contributed by atoms with Crippen molar-refractivity contribution in [3.63, 3.8) is 0 Å². The molecule has 0 saturated carbocycles. The van der Waals surface area contributed by atoms with Gasteiger partial charge in [-0.1, -0.05) is 60.7 Å². The van der Waals surface area contributed by atoms with E-state index < -0.39 is 12.1 Å². The van der Waals surface area contributed by atoms with Crippen LogP contribution in [0.15, 0.2) is 72.8 Å². The summed E-state index contributed by atoms with van der Waals surface area (Å²) in [5, 5.41) is 12.3. The van der Waals surface area contributed by atoms with E-state index in [9.17, 15) is 9.59 Å². The molecular weight excluding hydrogens is 474 g/mol. The number of esters is 1. The fourth-order valence-corrected chi connectivity index (χ4v) is 5.31. The highest BCUT2D eigenvalue weighted by Gasteiger charge is 2.29. The number of hydrogen-bond acceptors (Lipinski definition) is 7. The van der Waals surface area contributed by atoms with E-state index in [-0.39, 0.29) is 19.1 Å². The molecule has 0 saturated heterocycles. The number of ether oxygens (including phenoxy) is 2. The number of carbonyl (C=O) groups excluding carboxylic acids is 2. The Morgan fingerprint density at radius 2 is 1.64 bits per heavy atom. The topological polar surface area (TPSA) is 101 Å². The Morgan fingerprint density at radius 3 is 2.25 bits per heavy atom. The van der Waals surface area contributed by atoms with Crippen LogP contribution in [0.25, 0.3) is 22.4 Å². The summed E-state index contributed by atoms with van der Waals surface area (Å²) >= 11 is 1.14. The molecule has 0 atom stereocenters. The third-order valence-corrected chi connectivity index (χ3v) is 7.09. The SMILES string of the molecule is COC(=O)c1sc(CNC(=O)OCC2c3ccccc3-c3ccccc32)nc1-c1ccc(C#N)cc1. The highest BCUT2D eigenvalue weighted by molar-refractivity contribution is 7.14. The van der Waals surface area contributed by atoms with Gasteiger partial charge in [0.15, 0.2) is 0 Å². The monoisotopic (exact) mass is 495 g/mol. The van der Waals surface area contributed by atoms with Crippen LogP contribution < -0.4 is 5.32 Å². The number of thiazole rings is 1. The molecule has 178 valence electrons. The van der Waals surface area contributed by atoms with E-state index >= 15 is 0 Å². The molecule has 1 aromatic heterocycles. The molecule has 1 aliphatic carbocycles. The first-order valence-corrected chi connectivity index (χ1v) is 12.1. The molecule has 0 aliphatic heterocycles. The number of rotatable bonds is 6. The van der Waals surface area contributed by atoms with Crippen LogP contribution in [0.4, 0.5) is 4.79 Å². The number of nitrogens with one attached hydrogen (secondary N) is 1. The average molecular weight is 496 g/mol.